The van der Waals surface area contributed by atoms with Crippen LogP contribution in [0.5, 0.6) is 0 Å². The molecule has 44 heavy (non-hydrogen) atoms. The van der Waals surface area contributed by atoms with Gasteiger partial charge in [-0.2, -0.15) is 0 Å². The first-order valence-corrected chi connectivity index (χ1v) is 16.8. The summed E-state index contributed by atoms with van der Waals surface area (Å²) in [6.45, 7) is 20.5. The minimum atomic E-state index is -1.40. The van der Waals surface area contributed by atoms with E-state index in [1.54, 1.807) is 27.9 Å². The highest BCUT2D eigenvalue weighted by molar-refractivity contribution is 6.04. The van der Waals surface area contributed by atoms with Crippen molar-refractivity contribution in [3.8, 4) is 0 Å². The van der Waals surface area contributed by atoms with Crippen LogP contribution in [0.4, 0.5) is 0 Å². The van der Waals surface area contributed by atoms with Crippen LogP contribution in [0.2, 0.25) is 0 Å². The first-order valence-electron chi connectivity index (χ1n) is 16.8. The van der Waals surface area contributed by atoms with E-state index in [1.807, 2.05) is 32.8 Å². The van der Waals surface area contributed by atoms with Gasteiger partial charge in [0.05, 0.1) is 17.8 Å². The molecule has 0 aromatic heterocycles. The Bertz CT molecular complexity index is 915. The molecule has 0 radical (unpaired) electrons. The molecule has 0 bridgehead atoms. The molecule has 0 aliphatic carbocycles. The lowest BCUT2D eigenvalue weighted by molar-refractivity contribution is -0.295. The van der Waals surface area contributed by atoms with Gasteiger partial charge in [0.2, 0.25) is 0 Å². The van der Waals surface area contributed by atoms with Crippen molar-refractivity contribution in [1.82, 2.24) is 14.7 Å². The largest absolute Gasteiger partial charge is 0.463 e. The molecule has 2 heterocycles. The monoisotopic (exact) mass is 627 g/mol. The van der Waals surface area contributed by atoms with E-state index in [0.29, 0.717) is 18.9 Å². The molecule has 2 aliphatic heterocycles. The maximum atomic E-state index is 14.2. The van der Waals surface area contributed by atoms with Crippen LogP contribution >= 0.6 is 0 Å². The summed E-state index contributed by atoms with van der Waals surface area (Å²) in [6.07, 6.45) is 0.306. The summed E-state index contributed by atoms with van der Waals surface area (Å²) in [5.74, 6) is -1.39. The zero-order chi connectivity index (χ0) is 33.6. The zero-order valence-corrected chi connectivity index (χ0v) is 30.1. The number of Topliss-reactive ketones (excluding diaryl/α,β-unsaturated/α-hetero) is 1. The van der Waals surface area contributed by atoms with Crippen LogP contribution in [0.25, 0.3) is 0 Å². The molecule has 0 aromatic rings. The van der Waals surface area contributed by atoms with E-state index in [-0.39, 0.29) is 36.5 Å². The normalized spacial score (nSPS) is 36.7. The third-order valence-electron chi connectivity index (χ3n) is 10.2. The number of rotatable bonds is 10. The summed E-state index contributed by atoms with van der Waals surface area (Å²) in [6, 6.07) is 0.328. The average molecular weight is 628 g/mol. The number of hydrogen-bond donors (Lipinski definition) is 1. The summed E-state index contributed by atoms with van der Waals surface area (Å²) in [5.41, 5.74) is -2.31. The van der Waals surface area contributed by atoms with Gasteiger partial charge in [-0.25, -0.2) is 0 Å². The van der Waals surface area contributed by atoms with Gasteiger partial charge in [0.25, 0.3) is 0 Å². The van der Waals surface area contributed by atoms with Gasteiger partial charge in [-0.05, 0) is 107 Å². The number of nitrogens with zero attached hydrogens (tertiary/aromatic N) is 3. The summed E-state index contributed by atoms with van der Waals surface area (Å²) in [4.78, 5) is 34.5. The summed E-state index contributed by atoms with van der Waals surface area (Å²) < 4.78 is 25.0. The zero-order valence-electron chi connectivity index (χ0n) is 30.1. The molecule has 9 atom stereocenters. The molecule has 0 saturated carbocycles. The van der Waals surface area contributed by atoms with Gasteiger partial charge in [0, 0.05) is 37.7 Å². The number of methoxy groups -OCH3 is 1. The Morgan fingerprint density at radius 1 is 1.11 bits per heavy atom. The second-order valence-corrected chi connectivity index (χ2v) is 14.8. The smallest absolute Gasteiger partial charge is 0.319 e. The highest BCUT2D eigenvalue weighted by Gasteiger charge is 2.51. The Kier molecular flexibility index (Phi) is 14.7. The molecule has 10 nitrogen and oxygen atoms in total. The fourth-order valence-electron chi connectivity index (χ4n) is 6.96. The van der Waals surface area contributed by atoms with E-state index in [0.717, 1.165) is 32.5 Å². The van der Waals surface area contributed by atoms with E-state index in [4.69, 9.17) is 18.9 Å². The van der Waals surface area contributed by atoms with Gasteiger partial charge >= 0.3 is 5.97 Å². The highest BCUT2D eigenvalue weighted by atomic mass is 16.7. The Morgan fingerprint density at radius 3 is 2.30 bits per heavy atom. The molecule has 2 fully saturated rings. The van der Waals surface area contributed by atoms with Gasteiger partial charge in [-0.1, -0.05) is 20.8 Å². The standard InChI is InChI=1S/C34H65N3O7/c1-14-37-20-23(4)19-34(9,41-13)30(44-31-28(38)27(35(10)11)18-24(5)43-31)25(6)29(39)33(7,8)32(40)42-21-26(37)16-15-17-36(12)22(2)3/h22-28,30-31,38H,14-21H2,1-13H3/t23-,24-,25+,26+,27+,28-,30-,31+,34-/m1/s1. The van der Waals surface area contributed by atoms with Crippen LogP contribution in [-0.2, 0) is 28.5 Å². The molecule has 0 spiro atoms. The predicted octanol–water partition coefficient (Wildman–Crippen LogP) is 3.83. The summed E-state index contributed by atoms with van der Waals surface area (Å²) >= 11 is 0. The van der Waals surface area contributed by atoms with Crippen molar-refractivity contribution in [1.29, 1.82) is 0 Å². The van der Waals surface area contributed by atoms with E-state index >= 15 is 0 Å². The van der Waals surface area contributed by atoms with E-state index in [2.05, 4.69) is 44.5 Å². The Balaban J connectivity index is 2.48. The second-order valence-electron chi connectivity index (χ2n) is 14.8. The van der Waals surface area contributed by atoms with Crippen molar-refractivity contribution in [3.05, 3.63) is 0 Å². The first-order chi connectivity index (χ1) is 20.4. The average Bonchev–Trinajstić information content (AvgIpc) is 2.95. The van der Waals surface area contributed by atoms with E-state index in [1.165, 1.54) is 0 Å². The lowest BCUT2D eigenvalue weighted by atomic mass is 9.74. The minimum Gasteiger partial charge on any atom is -0.463 e. The molecule has 258 valence electrons. The maximum absolute atomic E-state index is 14.2. The van der Waals surface area contributed by atoms with Gasteiger partial charge in [0.15, 0.2) is 12.1 Å². The third-order valence-corrected chi connectivity index (χ3v) is 10.2. The van der Waals surface area contributed by atoms with Crippen molar-refractivity contribution in [2.45, 2.75) is 136 Å². The predicted molar refractivity (Wildman–Crippen MR) is 173 cm³/mol. The van der Waals surface area contributed by atoms with Crippen LogP contribution in [0.15, 0.2) is 0 Å². The van der Waals surface area contributed by atoms with E-state index in [9.17, 15) is 14.7 Å². The molecule has 2 rings (SSSR count). The fourth-order valence-corrected chi connectivity index (χ4v) is 6.96. The quantitative estimate of drug-likeness (QED) is 0.284. The number of ketones is 1. The summed E-state index contributed by atoms with van der Waals surface area (Å²) in [7, 11) is 7.64. The molecule has 2 saturated heterocycles. The van der Waals surface area contributed by atoms with Crippen LogP contribution in [0.1, 0.15) is 88.0 Å². The number of hydrogen-bond acceptors (Lipinski definition) is 10. The molecular formula is C34H65N3O7. The Morgan fingerprint density at radius 2 is 1.75 bits per heavy atom. The second kappa shape index (κ2) is 16.6. The molecule has 2 aliphatic rings. The third kappa shape index (κ3) is 9.69. The van der Waals surface area contributed by atoms with Gasteiger partial charge in [-0.15, -0.1) is 0 Å². The van der Waals surface area contributed by atoms with Crippen LogP contribution < -0.4 is 0 Å². The van der Waals surface area contributed by atoms with Gasteiger partial charge in [0.1, 0.15) is 18.1 Å². The van der Waals surface area contributed by atoms with Gasteiger partial charge in [-0.3, -0.25) is 14.5 Å². The van der Waals surface area contributed by atoms with Crippen LogP contribution in [-0.4, -0.2) is 134 Å². The molecule has 0 aromatic carbocycles. The number of aliphatic hydroxyl groups excluding tert-OH is 1. The van der Waals surface area contributed by atoms with Crippen molar-refractivity contribution in [2.24, 2.45) is 17.3 Å². The number of cyclic esters (lactones) is 1. The minimum absolute atomic E-state index is 0.0344. The molecule has 10 heteroatoms. The summed E-state index contributed by atoms with van der Waals surface area (Å²) in [5, 5.41) is 11.3. The molecule has 0 amide bonds. The molecule has 1 N–H and O–H groups in total. The lowest BCUT2D eigenvalue weighted by Gasteiger charge is -2.47. The van der Waals surface area contributed by atoms with Crippen LogP contribution in [0, 0.1) is 17.3 Å². The first kappa shape index (κ1) is 39.0. The van der Waals surface area contributed by atoms with E-state index < -0.39 is 41.4 Å². The highest BCUT2D eigenvalue weighted by Crippen LogP contribution is 2.38. The maximum Gasteiger partial charge on any atom is 0.319 e. The van der Waals surface area contributed by atoms with Crippen molar-refractivity contribution >= 4 is 11.8 Å². The van der Waals surface area contributed by atoms with Crippen molar-refractivity contribution in [2.75, 3.05) is 54.5 Å². The number of carbonyl (C=O) groups is 2. The van der Waals surface area contributed by atoms with Crippen molar-refractivity contribution < 1.29 is 33.6 Å². The number of likely N-dealkylation sites (N-methyl/N-ethyl adjacent to an activating group) is 2. The topological polar surface area (TPSA) is 101 Å². The fraction of sp³-hybridized carbons (Fsp3) is 0.941. The number of carbonyl (C=O) groups excluding carboxylic acids is 2. The number of esters is 1. The Labute approximate surface area is 268 Å². The number of ether oxygens (including phenoxy) is 4. The lowest BCUT2D eigenvalue weighted by Crippen LogP contribution is -2.59. The molecule has 0 unspecified atom stereocenters. The SMILES string of the molecule is CCN1C[C@H](C)C[C@@](C)(OC)[C@H](O[C@@H]2O[C@H](C)C[C@H](N(C)C)[C@H]2O)[C@@H](C)C(=O)C(C)(C)C(=O)OC[C@@H]1CCCN(C)C(C)C. The van der Waals surface area contributed by atoms with Crippen molar-refractivity contribution in [3.63, 3.8) is 0 Å². The Hall–Kier alpha value is -1.14. The van der Waals surface area contributed by atoms with Crippen LogP contribution in [0.3, 0.4) is 0 Å². The molecular weight excluding hydrogens is 562 g/mol. The number of aliphatic hydroxyl groups is 1. The van der Waals surface area contributed by atoms with Gasteiger partial charge < -0.3 is 33.9 Å².